The van der Waals surface area contributed by atoms with Gasteiger partial charge in [-0.1, -0.05) is 0 Å². The summed E-state index contributed by atoms with van der Waals surface area (Å²) in [4.78, 5) is 14.4. The number of aromatic nitrogens is 1. The Balaban J connectivity index is 3.16. The van der Waals surface area contributed by atoms with Gasteiger partial charge in [0.1, 0.15) is 5.69 Å². The maximum atomic E-state index is 13.0. The molecule has 0 fully saturated rings. The summed E-state index contributed by atoms with van der Waals surface area (Å²) in [5.41, 5.74) is 4.65. The standard InChI is InChI=1S/C11H13F3N2O2/c1-2-18-9(17)4-7-6(5-15)3-8(12)16-10(7)11(13)14/h3,11H,2,4-5,15H2,1H3. The number of esters is 1. The van der Waals surface area contributed by atoms with Gasteiger partial charge in [-0.2, -0.15) is 4.39 Å². The van der Waals surface area contributed by atoms with Crippen molar-refractivity contribution in [3.63, 3.8) is 0 Å². The molecule has 0 radical (unpaired) electrons. The van der Waals surface area contributed by atoms with Gasteiger partial charge in [-0.05, 0) is 24.1 Å². The summed E-state index contributed by atoms with van der Waals surface area (Å²) in [6.07, 6.45) is -3.37. The minimum absolute atomic E-state index is 0.0626. The molecule has 0 bridgehead atoms. The minimum atomic E-state index is -2.98. The molecular formula is C11H13F3N2O2. The van der Waals surface area contributed by atoms with Crippen LogP contribution in [0.3, 0.4) is 0 Å². The minimum Gasteiger partial charge on any atom is -0.466 e. The van der Waals surface area contributed by atoms with Crippen molar-refractivity contribution >= 4 is 5.97 Å². The molecule has 0 aliphatic carbocycles. The van der Waals surface area contributed by atoms with Crippen molar-refractivity contribution in [3.05, 3.63) is 28.8 Å². The van der Waals surface area contributed by atoms with Crippen LogP contribution < -0.4 is 5.73 Å². The monoisotopic (exact) mass is 262 g/mol. The highest BCUT2D eigenvalue weighted by molar-refractivity contribution is 5.73. The van der Waals surface area contributed by atoms with Gasteiger partial charge in [-0.3, -0.25) is 4.79 Å². The average Bonchev–Trinajstić information content (AvgIpc) is 2.30. The molecule has 100 valence electrons. The molecule has 0 unspecified atom stereocenters. The number of pyridine rings is 1. The normalized spacial score (nSPS) is 10.8. The predicted molar refractivity (Wildman–Crippen MR) is 57.4 cm³/mol. The Morgan fingerprint density at radius 3 is 2.72 bits per heavy atom. The summed E-state index contributed by atoms with van der Waals surface area (Å²) in [5, 5.41) is 0. The largest absolute Gasteiger partial charge is 0.466 e. The first-order valence-corrected chi connectivity index (χ1v) is 5.31. The highest BCUT2D eigenvalue weighted by atomic mass is 19.3. The van der Waals surface area contributed by atoms with E-state index in [-0.39, 0.29) is 24.3 Å². The van der Waals surface area contributed by atoms with Crippen LogP contribution in [0.4, 0.5) is 13.2 Å². The SMILES string of the molecule is CCOC(=O)Cc1c(CN)cc(F)nc1C(F)F. The summed E-state index contributed by atoms with van der Waals surface area (Å²) in [6.45, 7) is 1.57. The summed E-state index contributed by atoms with van der Waals surface area (Å²) in [5.74, 6) is -1.72. The zero-order chi connectivity index (χ0) is 13.7. The highest BCUT2D eigenvalue weighted by Crippen LogP contribution is 2.25. The van der Waals surface area contributed by atoms with Gasteiger partial charge in [0.25, 0.3) is 6.43 Å². The molecule has 4 nitrogen and oxygen atoms in total. The summed E-state index contributed by atoms with van der Waals surface area (Å²) < 4.78 is 43.2. The summed E-state index contributed by atoms with van der Waals surface area (Å²) in [6, 6.07) is 0.945. The van der Waals surface area contributed by atoms with Crippen LogP contribution in [0, 0.1) is 5.95 Å². The van der Waals surface area contributed by atoms with E-state index in [4.69, 9.17) is 5.73 Å². The van der Waals surface area contributed by atoms with Crippen LogP contribution in [0.5, 0.6) is 0 Å². The Hall–Kier alpha value is -1.63. The second-order valence-corrected chi connectivity index (χ2v) is 3.45. The summed E-state index contributed by atoms with van der Waals surface area (Å²) in [7, 11) is 0. The molecule has 1 heterocycles. The Kier molecular flexibility index (Phi) is 5.08. The van der Waals surface area contributed by atoms with E-state index < -0.39 is 30.5 Å². The van der Waals surface area contributed by atoms with Gasteiger partial charge in [0.15, 0.2) is 0 Å². The third-order valence-electron chi connectivity index (χ3n) is 2.27. The molecule has 18 heavy (non-hydrogen) atoms. The molecule has 0 aromatic carbocycles. The molecule has 0 aliphatic rings. The van der Waals surface area contributed by atoms with Gasteiger partial charge >= 0.3 is 5.97 Å². The van der Waals surface area contributed by atoms with Crippen LogP contribution >= 0.6 is 0 Å². The summed E-state index contributed by atoms with van der Waals surface area (Å²) >= 11 is 0. The molecule has 0 amide bonds. The fourth-order valence-electron chi connectivity index (χ4n) is 1.53. The van der Waals surface area contributed by atoms with Crippen molar-refractivity contribution in [3.8, 4) is 0 Å². The van der Waals surface area contributed by atoms with Crippen molar-refractivity contribution in [2.45, 2.75) is 26.3 Å². The van der Waals surface area contributed by atoms with Gasteiger partial charge in [0.05, 0.1) is 13.0 Å². The first-order chi connectivity index (χ1) is 8.49. The zero-order valence-electron chi connectivity index (χ0n) is 9.75. The van der Waals surface area contributed by atoms with Gasteiger partial charge in [0.2, 0.25) is 5.95 Å². The number of nitrogens with two attached hydrogens (primary N) is 1. The van der Waals surface area contributed by atoms with E-state index >= 15 is 0 Å². The molecule has 0 saturated carbocycles. The second kappa shape index (κ2) is 6.34. The molecular weight excluding hydrogens is 249 g/mol. The van der Waals surface area contributed by atoms with Crippen LogP contribution in [-0.2, 0) is 22.5 Å². The number of hydrogen-bond donors (Lipinski definition) is 1. The molecule has 1 aromatic rings. The molecule has 1 aromatic heterocycles. The Labute approximate surface area is 102 Å². The molecule has 0 aliphatic heterocycles. The maximum Gasteiger partial charge on any atom is 0.310 e. The molecule has 2 N–H and O–H groups in total. The predicted octanol–water partition coefficient (Wildman–Crippen LogP) is 1.72. The fraction of sp³-hybridized carbons (Fsp3) is 0.455. The van der Waals surface area contributed by atoms with Crippen molar-refractivity contribution in [1.82, 2.24) is 4.98 Å². The molecule has 0 atom stereocenters. The molecule has 0 spiro atoms. The number of ether oxygens (including phenoxy) is 1. The number of carbonyl (C=O) groups is 1. The number of hydrogen-bond acceptors (Lipinski definition) is 4. The Bertz CT molecular complexity index is 439. The smallest absolute Gasteiger partial charge is 0.310 e. The van der Waals surface area contributed by atoms with Crippen LogP contribution in [0.25, 0.3) is 0 Å². The zero-order valence-corrected chi connectivity index (χ0v) is 9.75. The maximum absolute atomic E-state index is 13.0. The quantitative estimate of drug-likeness (QED) is 0.648. The van der Waals surface area contributed by atoms with Gasteiger partial charge in [-0.15, -0.1) is 0 Å². The lowest BCUT2D eigenvalue weighted by Crippen LogP contribution is -2.15. The van der Waals surface area contributed by atoms with Crippen molar-refractivity contribution < 1.29 is 22.7 Å². The number of halogens is 3. The van der Waals surface area contributed by atoms with E-state index in [2.05, 4.69) is 9.72 Å². The Morgan fingerprint density at radius 1 is 1.56 bits per heavy atom. The number of alkyl halides is 2. The number of carbonyl (C=O) groups excluding carboxylic acids is 1. The fourth-order valence-corrected chi connectivity index (χ4v) is 1.53. The van der Waals surface area contributed by atoms with Crippen LogP contribution in [0.15, 0.2) is 6.07 Å². The van der Waals surface area contributed by atoms with E-state index in [1.54, 1.807) is 6.92 Å². The van der Waals surface area contributed by atoms with E-state index in [0.717, 1.165) is 6.07 Å². The van der Waals surface area contributed by atoms with Crippen LogP contribution in [0.2, 0.25) is 0 Å². The first kappa shape index (κ1) is 14.4. The average molecular weight is 262 g/mol. The van der Waals surface area contributed by atoms with Crippen LogP contribution in [0.1, 0.15) is 30.2 Å². The van der Waals surface area contributed by atoms with E-state index in [9.17, 15) is 18.0 Å². The number of nitrogens with zero attached hydrogens (tertiary/aromatic N) is 1. The molecule has 7 heteroatoms. The van der Waals surface area contributed by atoms with E-state index in [0.29, 0.717) is 0 Å². The lowest BCUT2D eigenvalue weighted by molar-refractivity contribution is -0.142. The lowest BCUT2D eigenvalue weighted by Gasteiger charge is -2.12. The Morgan fingerprint density at radius 2 is 2.22 bits per heavy atom. The highest BCUT2D eigenvalue weighted by Gasteiger charge is 2.22. The first-order valence-electron chi connectivity index (χ1n) is 5.31. The van der Waals surface area contributed by atoms with Gasteiger partial charge in [-0.25, -0.2) is 13.8 Å². The molecule has 0 saturated heterocycles. The van der Waals surface area contributed by atoms with Gasteiger partial charge < -0.3 is 10.5 Å². The van der Waals surface area contributed by atoms with Crippen molar-refractivity contribution in [1.29, 1.82) is 0 Å². The lowest BCUT2D eigenvalue weighted by atomic mass is 10.0. The van der Waals surface area contributed by atoms with E-state index in [1.807, 2.05) is 0 Å². The second-order valence-electron chi connectivity index (χ2n) is 3.45. The molecule has 1 rings (SSSR count). The van der Waals surface area contributed by atoms with Gasteiger partial charge in [0, 0.05) is 6.54 Å². The van der Waals surface area contributed by atoms with Crippen molar-refractivity contribution in [2.75, 3.05) is 6.61 Å². The third kappa shape index (κ3) is 3.43. The van der Waals surface area contributed by atoms with E-state index in [1.165, 1.54) is 0 Å². The van der Waals surface area contributed by atoms with Crippen LogP contribution in [-0.4, -0.2) is 17.6 Å². The number of rotatable bonds is 5. The third-order valence-corrected chi connectivity index (χ3v) is 2.27. The van der Waals surface area contributed by atoms with Crippen molar-refractivity contribution in [2.24, 2.45) is 5.73 Å². The topological polar surface area (TPSA) is 65.2 Å².